The monoisotopic (exact) mass is 389 g/mol. The maximum Gasteiger partial charge on any atom is 0.228 e. The Balaban J connectivity index is 1.29. The zero-order valence-electron chi connectivity index (χ0n) is 17.1. The summed E-state index contributed by atoms with van der Waals surface area (Å²) in [6.07, 6.45) is 9.97. The van der Waals surface area contributed by atoms with Crippen LogP contribution in [0.5, 0.6) is 0 Å². The van der Waals surface area contributed by atoms with Crippen molar-refractivity contribution in [1.29, 1.82) is 0 Å². The third-order valence-electron chi connectivity index (χ3n) is 6.86. The fraction of sp³-hybridized carbons (Fsp3) is 0.435. The summed E-state index contributed by atoms with van der Waals surface area (Å²) in [6.45, 7) is 2.30. The van der Waals surface area contributed by atoms with Gasteiger partial charge in [0.15, 0.2) is 0 Å². The Morgan fingerprint density at radius 3 is 2.62 bits per heavy atom. The van der Waals surface area contributed by atoms with E-state index in [4.69, 9.17) is 0 Å². The van der Waals surface area contributed by atoms with Crippen LogP contribution in [0.2, 0.25) is 0 Å². The molecule has 1 aliphatic carbocycles. The van der Waals surface area contributed by atoms with Gasteiger partial charge >= 0.3 is 0 Å². The number of rotatable bonds is 3. The number of likely N-dealkylation sites (tertiary alicyclic amines) is 1. The molecular weight excluding hydrogens is 362 g/mol. The molecule has 2 fully saturated rings. The highest BCUT2D eigenvalue weighted by Gasteiger charge is 2.48. The van der Waals surface area contributed by atoms with Crippen LogP contribution in [0.4, 0.5) is 5.82 Å². The molecule has 3 heterocycles. The summed E-state index contributed by atoms with van der Waals surface area (Å²) in [5, 5.41) is 5.18. The van der Waals surface area contributed by atoms with Crippen LogP contribution in [0, 0.1) is 11.3 Å². The highest BCUT2D eigenvalue weighted by molar-refractivity contribution is 5.95. The summed E-state index contributed by atoms with van der Waals surface area (Å²) in [6, 6.07) is 8.23. The molecule has 150 valence electrons. The molecule has 2 aromatic heterocycles. The molecular formula is C23H27N5O. The molecule has 0 atom stereocenters. The van der Waals surface area contributed by atoms with Crippen LogP contribution in [-0.2, 0) is 11.8 Å². The molecule has 1 aromatic carbocycles. The smallest absolute Gasteiger partial charge is 0.228 e. The van der Waals surface area contributed by atoms with Gasteiger partial charge in [0, 0.05) is 30.1 Å². The molecule has 0 bridgehead atoms. The number of imidazole rings is 1. The van der Waals surface area contributed by atoms with E-state index in [0.29, 0.717) is 11.2 Å². The predicted octanol–water partition coefficient (Wildman–Crippen LogP) is 3.70. The predicted molar refractivity (Wildman–Crippen MR) is 114 cm³/mol. The van der Waals surface area contributed by atoms with Crippen LogP contribution in [0.1, 0.15) is 25.7 Å². The number of hydrogen-bond acceptors (Lipinski definition) is 4. The molecule has 0 radical (unpaired) electrons. The lowest BCUT2D eigenvalue weighted by Crippen LogP contribution is -2.49. The number of amides is 1. The van der Waals surface area contributed by atoms with Gasteiger partial charge in [-0.25, -0.2) is 9.97 Å². The van der Waals surface area contributed by atoms with Crippen molar-refractivity contribution in [2.45, 2.75) is 25.7 Å². The van der Waals surface area contributed by atoms with Crippen LogP contribution < -0.4 is 5.32 Å². The van der Waals surface area contributed by atoms with Gasteiger partial charge < -0.3 is 14.8 Å². The Kier molecular flexibility index (Phi) is 4.39. The minimum absolute atomic E-state index is 0.115. The number of carbonyl (C=O) groups is 1. The first-order valence-corrected chi connectivity index (χ1v) is 10.4. The van der Waals surface area contributed by atoms with Crippen LogP contribution in [-0.4, -0.2) is 45.5 Å². The van der Waals surface area contributed by atoms with E-state index >= 15 is 0 Å². The summed E-state index contributed by atoms with van der Waals surface area (Å²) < 4.78 is 2.00. The van der Waals surface area contributed by atoms with E-state index in [-0.39, 0.29) is 11.8 Å². The van der Waals surface area contributed by atoms with Crippen molar-refractivity contribution in [1.82, 2.24) is 19.4 Å². The lowest BCUT2D eigenvalue weighted by Gasteiger charge is -2.51. The number of aryl methyl sites for hydroxylation is 1. The lowest BCUT2D eigenvalue weighted by molar-refractivity contribution is -0.129. The van der Waals surface area contributed by atoms with Gasteiger partial charge in [0.25, 0.3) is 0 Å². The highest BCUT2D eigenvalue weighted by atomic mass is 16.2. The largest absolute Gasteiger partial charge is 0.334 e. The molecule has 1 N–H and O–H groups in total. The van der Waals surface area contributed by atoms with Crippen molar-refractivity contribution >= 4 is 22.5 Å². The van der Waals surface area contributed by atoms with Gasteiger partial charge in [-0.2, -0.15) is 0 Å². The standard InChI is InChI=1S/C23H27N5O/c1-27-7-5-23(6-8-27)11-19(12-23)22(29)26-21-10-18-9-16(3-4-17(18)13-25-21)20-14-24-15-28(20)2/h3-4,9-10,13-15,19H,5-8,11-12H2,1-2H3,(H,25,26,29). The van der Waals surface area contributed by atoms with E-state index in [1.165, 1.54) is 12.8 Å². The molecule has 3 aromatic rings. The number of anilines is 1. The second-order valence-electron chi connectivity index (χ2n) is 8.92. The van der Waals surface area contributed by atoms with E-state index in [9.17, 15) is 4.79 Å². The van der Waals surface area contributed by atoms with Gasteiger partial charge in [-0.3, -0.25) is 4.79 Å². The molecule has 6 heteroatoms. The molecule has 0 unspecified atom stereocenters. The number of hydrogen-bond donors (Lipinski definition) is 1. The summed E-state index contributed by atoms with van der Waals surface area (Å²) in [4.78, 5) is 23.8. The summed E-state index contributed by atoms with van der Waals surface area (Å²) in [5.41, 5.74) is 2.57. The number of benzene rings is 1. The Morgan fingerprint density at radius 1 is 1.10 bits per heavy atom. The number of aromatic nitrogens is 3. The molecule has 1 spiro atoms. The quantitative estimate of drug-likeness (QED) is 0.742. The third kappa shape index (κ3) is 3.42. The van der Waals surface area contributed by atoms with Gasteiger partial charge in [0.05, 0.1) is 18.2 Å². The zero-order chi connectivity index (χ0) is 20.0. The fourth-order valence-corrected chi connectivity index (χ4v) is 4.90. The minimum Gasteiger partial charge on any atom is -0.334 e. The summed E-state index contributed by atoms with van der Waals surface area (Å²) in [7, 11) is 4.17. The number of pyridine rings is 1. The number of piperidine rings is 1. The third-order valence-corrected chi connectivity index (χ3v) is 6.86. The first kappa shape index (κ1) is 18.3. The van der Waals surface area contributed by atoms with Crippen LogP contribution in [0.15, 0.2) is 43.0 Å². The Labute approximate surface area is 171 Å². The zero-order valence-corrected chi connectivity index (χ0v) is 17.1. The van der Waals surface area contributed by atoms with E-state index in [0.717, 1.165) is 48.0 Å². The van der Waals surface area contributed by atoms with E-state index in [1.807, 2.05) is 30.1 Å². The second-order valence-corrected chi connectivity index (χ2v) is 8.92. The molecule has 5 rings (SSSR count). The molecule has 1 saturated heterocycles. The van der Waals surface area contributed by atoms with Crippen molar-refractivity contribution < 1.29 is 4.79 Å². The molecule has 6 nitrogen and oxygen atoms in total. The Morgan fingerprint density at radius 2 is 1.90 bits per heavy atom. The molecule has 1 aliphatic heterocycles. The fourth-order valence-electron chi connectivity index (χ4n) is 4.90. The average Bonchev–Trinajstić information content (AvgIpc) is 3.12. The van der Waals surface area contributed by atoms with Gasteiger partial charge in [-0.1, -0.05) is 12.1 Å². The van der Waals surface area contributed by atoms with E-state index in [1.54, 1.807) is 6.33 Å². The van der Waals surface area contributed by atoms with Crippen LogP contribution >= 0.6 is 0 Å². The molecule has 2 aliphatic rings. The minimum atomic E-state index is 0.115. The summed E-state index contributed by atoms with van der Waals surface area (Å²) >= 11 is 0. The van der Waals surface area contributed by atoms with Gasteiger partial charge in [0.1, 0.15) is 5.82 Å². The number of fused-ring (bicyclic) bond motifs is 1. The Hall–Kier alpha value is -2.73. The van der Waals surface area contributed by atoms with Crippen molar-refractivity contribution in [3.8, 4) is 11.3 Å². The van der Waals surface area contributed by atoms with E-state index < -0.39 is 0 Å². The molecule has 1 saturated carbocycles. The van der Waals surface area contributed by atoms with Gasteiger partial charge in [-0.15, -0.1) is 0 Å². The SMILES string of the molecule is CN1CCC2(CC1)CC(C(=O)Nc1cc3cc(-c4cncn4C)ccc3cn1)C2. The van der Waals surface area contributed by atoms with Crippen LogP contribution in [0.25, 0.3) is 22.0 Å². The number of carbonyl (C=O) groups excluding carboxylic acids is 1. The topological polar surface area (TPSA) is 63.1 Å². The lowest BCUT2D eigenvalue weighted by atomic mass is 9.57. The maximum atomic E-state index is 12.7. The highest BCUT2D eigenvalue weighted by Crippen LogP contribution is 2.52. The second kappa shape index (κ2) is 6.95. The first-order chi connectivity index (χ1) is 14.0. The van der Waals surface area contributed by atoms with Gasteiger partial charge in [0.2, 0.25) is 5.91 Å². The molecule has 29 heavy (non-hydrogen) atoms. The van der Waals surface area contributed by atoms with Crippen molar-refractivity contribution in [3.63, 3.8) is 0 Å². The normalized spacial score (nSPS) is 19.4. The summed E-state index contributed by atoms with van der Waals surface area (Å²) in [5.74, 6) is 0.870. The average molecular weight is 390 g/mol. The van der Waals surface area contributed by atoms with Crippen molar-refractivity contribution in [2.75, 3.05) is 25.5 Å². The molecule has 1 amide bonds. The van der Waals surface area contributed by atoms with Gasteiger partial charge in [-0.05, 0) is 68.8 Å². The Bertz CT molecular complexity index is 1060. The number of nitrogens with one attached hydrogen (secondary N) is 1. The first-order valence-electron chi connectivity index (χ1n) is 10.4. The van der Waals surface area contributed by atoms with Crippen molar-refractivity contribution in [2.24, 2.45) is 18.4 Å². The van der Waals surface area contributed by atoms with Crippen molar-refractivity contribution in [3.05, 3.63) is 43.0 Å². The van der Waals surface area contributed by atoms with Crippen LogP contribution in [0.3, 0.4) is 0 Å². The maximum absolute atomic E-state index is 12.7. The van der Waals surface area contributed by atoms with E-state index in [2.05, 4.69) is 45.4 Å². The number of nitrogens with zero attached hydrogens (tertiary/aromatic N) is 4.